The van der Waals surface area contributed by atoms with Crippen molar-refractivity contribution in [3.63, 3.8) is 0 Å². The highest BCUT2D eigenvalue weighted by Crippen LogP contribution is 2.24. The Morgan fingerprint density at radius 3 is 2.68 bits per heavy atom. The SMILES string of the molecule is NC(=O)[C@H]1Cc2ccccc2CN1CC(=O)Nc1cc(Cl)ccc1F. The maximum atomic E-state index is 13.7. The predicted molar refractivity (Wildman–Crippen MR) is 93.6 cm³/mol. The molecule has 3 N–H and O–H groups in total. The molecule has 0 saturated carbocycles. The zero-order valence-corrected chi connectivity index (χ0v) is 14.1. The van der Waals surface area contributed by atoms with Crippen LogP contribution in [0.5, 0.6) is 0 Å². The van der Waals surface area contributed by atoms with Crippen LogP contribution in [0.1, 0.15) is 11.1 Å². The highest BCUT2D eigenvalue weighted by atomic mass is 35.5. The van der Waals surface area contributed by atoms with Gasteiger partial charge in [0.25, 0.3) is 0 Å². The molecule has 1 aliphatic rings. The molecule has 130 valence electrons. The number of fused-ring (bicyclic) bond motifs is 1. The first-order chi connectivity index (χ1) is 11.9. The number of hydrogen-bond acceptors (Lipinski definition) is 3. The van der Waals surface area contributed by atoms with E-state index in [2.05, 4.69) is 5.32 Å². The molecule has 0 aromatic heterocycles. The van der Waals surface area contributed by atoms with Crippen molar-refractivity contribution in [1.29, 1.82) is 0 Å². The molecule has 25 heavy (non-hydrogen) atoms. The Labute approximate surface area is 149 Å². The summed E-state index contributed by atoms with van der Waals surface area (Å²) in [5, 5.41) is 2.81. The molecule has 2 amide bonds. The molecule has 3 rings (SSSR count). The lowest BCUT2D eigenvalue weighted by atomic mass is 9.93. The van der Waals surface area contributed by atoms with E-state index in [1.54, 1.807) is 4.90 Å². The van der Waals surface area contributed by atoms with Gasteiger partial charge >= 0.3 is 0 Å². The lowest BCUT2D eigenvalue weighted by molar-refractivity contribution is -0.125. The molecule has 0 fully saturated rings. The zero-order valence-electron chi connectivity index (χ0n) is 13.3. The monoisotopic (exact) mass is 361 g/mol. The fourth-order valence-corrected chi connectivity index (χ4v) is 3.16. The summed E-state index contributed by atoms with van der Waals surface area (Å²) in [7, 11) is 0. The van der Waals surface area contributed by atoms with E-state index in [0.29, 0.717) is 18.0 Å². The molecule has 0 radical (unpaired) electrons. The Morgan fingerprint density at radius 2 is 1.96 bits per heavy atom. The number of nitrogens with one attached hydrogen (secondary N) is 1. The van der Waals surface area contributed by atoms with E-state index in [9.17, 15) is 14.0 Å². The van der Waals surface area contributed by atoms with E-state index in [1.165, 1.54) is 18.2 Å². The van der Waals surface area contributed by atoms with Gasteiger partial charge in [0.05, 0.1) is 18.3 Å². The lowest BCUT2D eigenvalue weighted by Crippen LogP contribution is -2.50. The van der Waals surface area contributed by atoms with E-state index in [0.717, 1.165) is 11.1 Å². The van der Waals surface area contributed by atoms with Crippen LogP contribution in [0.4, 0.5) is 10.1 Å². The Morgan fingerprint density at radius 1 is 1.24 bits per heavy atom. The van der Waals surface area contributed by atoms with Crippen molar-refractivity contribution in [2.75, 3.05) is 11.9 Å². The molecule has 2 aromatic rings. The maximum absolute atomic E-state index is 13.7. The quantitative estimate of drug-likeness (QED) is 0.877. The van der Waals surface area contributed by atoms with Crippen molar-refractivity contribution in [1.82, 2.24) is 4.90 Å². The number of carbonyl (C=O) groups is 2. The van der Waals surface area contributed by atoms with Crippen LogP contribution in [0.25, 0.3) is 0 Å². The number of anilines is 1. The van der Waals surface area contributed by atoms with Crippen LogP contribution in [0.3, 0.4) is 0 Å². The third-order valence-corrected chi connectivity index (χ3v) is 4.46. The van der Waals surface area contributed by atoms with Gasteiger partial charge in [-0.2, -0.15) is 0 Å². The Bertz CT molecular complexity index is 828. The minimum absolute atomic E-state index is 0.00512. The summed E-state index contributed by atoms with van der Waals surface area (Å²) in [4.78, 5) is 25.8. The summed E-state index contributed by atoms with van der Waals surface area (Å²) >= 11 is 5.82. The van der Waals surface area contributed by atoms with Crippen molar-refractivity contribution in [3.8, 4) is 0 Å². The highest BCUT2D eigenvalue weighted by Gasteiger charge is 2.31. The second kappa shape index (κ2) is 7.21. The molecule has 0 aliphatic carbocycles. The Hall–Kier alpha value is -2.44. The van der Waals surface area contributed by atoms with Crippen LogP contribution in [0.15, 0.2) is 42.5 Å². The fourth-order valence-electron chi connectivity index (χ4n) is 2.99. The molecular weight excluding hydrogens is 345 g/mol. The average molecular weight is 362 g/mol. The summed E-state index contributed by atoms with van der Waals surface area (Å²) in [5.41, 5.74) is 7.59. The van der Waals surface area contributed by atoms with E-state index in [1.807, 2.05) is 24.3 Å². The van der Waals surface area contributed by atoms with E-state index in [4.69, 9.17) is 17.3 Å². The molecule has 0 saturated heterocycles. The van der Waals surface area contributed by atoms with E-state index >= 15 is 0 Å². The largest absolute Gasteiger partial charge is 0.368 e. The van der Waals surface area contributed by atoms with Crippen molar-refractivity contribution in [3.05, 3.63) is 64.4 Å². The van der Waals surface area contributed by atoms with E-state index < -0.39 is 23.7 Å². The number of halogens is 2. The molecule has 1 atom stereocenters. The number of carbonyl (C=O) groups excluding carboxylic acids is 2. The Balaban J connectivity index is 1.75. The van der Waals surface area contributed by atoms with Gasteiger partial charge in [-0.1, -0.05) is 35.9 Å². The third-order valence-electron chi connectivity index (χ3n) is 4.22. The van der Waals surface area contributed by atoms with Gasteiger partial charge in [0.2, 0.25) is 11.8 Å². The summed E-state index contributed by atoms with van der Waals surface area (Å²) in [6, 6.07) is 11.1. The smallest absolute Gasteiger partial charge is 0.238 e. The number of rotatable bonds is 4. The first-order valence-electron chi connectivity index (χ1n) is 7.79. The van der Waals surface area contributed by atoms with Crippen LogP contribution in [-0.4, -0.2) is 29.3 Å². The first-order valence-corrected chi connectivity index (χ1v) is 8.17. The average Bonchev–Trinajstić information content (AvgIpc) is 2.57. The summed E-state index contributed by atoms with van der Waals surface area (Å²) in [6.07, 6.45) is 0.449. The van der Waals surface area contributed by atoms with Crippen molar-refractivity contribution in [2.24, 2.45) is 5.73 Å². The topological polar surface area (TPSA) is 75.4 Å². The second-order valence-electron chi connectivity index (χ2n) is 5.97. The third kappa shape index (κ3) is 3.97. The molecule has 2 aromatic carbocycles. The highest BCUT2D eigenvalue weighted by molar-refractivity contribution is 6.30. The first kappa shape index (κ1) is 17.4. The fraction of sp³-hybridized carbons (Fsp3) is 0.222. The Kier molecular flexibility index (Phi) is 5.01. The number of hydrogen-bond donors (Lipinski definition) is 2. The number of amides is 2. The predicted octanol–water partition coefficient (Wildman–Crippen LogP) is 2.33. The molecule has 0 unspecified atom stereocenters. The van der Waals surface area contributed by atoms with Gasteiger partial charge < -0.3 is 11.1 Å². The van der Waals surface area contributed by atoms with Gasteiger partial charge in [-0.15, -0.1) is 0 Å². The van der Waals surface area contributed by atoms with Gasteiger partial charge in [-0.05, 0) is 35.7 Å². The second-order valence-corrected chi connectivity index (χ2v) is 6.40. The zero-order chi connectivity index (χ0) is 18.0. The van der Waals surface area contributed by atoms with Gasteiger partial charge in [0, 0.05) is 11.6 Å². The van der Waals surface area contributed by atoms with Crippen molar-refractivity contribution < 1.29 is 14.0 Å². The molecule has 5 nitrogen and oxygen atoms in total. The minimum atomic E-state index is -0.579. The van der Waals surface area contributed by atoms with Gasteiger partial charge in [-0.3, -0.25) is 14.5 Å². The lowest BCUT2D eigenvalue weighted by Gasteiger charge is -2.34. The minimum Gasteiger partial charge on any atom is -0.368 e. The molecule has 0 spiro atoms. The number of benzene rings is 2. The maximum Gasteiger partial charge on any atom is 0.238 e. The summed E-state index contributed by atoms with van der Waals surface area (Å²) in [5.74, 6) is -1.50. The van der Waals surface area contributed by atoms with Gasteiger partial charge in [0.15, 0.2) is 0 Å². The van der Waals surface area contributed by atoms with Crippen LogP contribution >= 0.6 is 11.6 Å². The van der Waals surface area contributed by atoms with Gasteiger partial charge in [-0.25, -0.2) is 4.39 Å². The molecule has 1 aliphatic heterocycles. The number of nitrogens with two attached hydrogens (primary N) is 1. The van der Waals surface area contributed by atoms with Crippen LogP contribution in [0.2, 0.25) is 5.02 Å². The number of nitrogens with zero attached hydrogens (tertiary/aromatic N) is 1. The van der Waals surface area contributed by atoms with E-state index in [-0.39, 0.29) is 12.2 Å². The van der Waals surface area contributed by atoms with Crippen molar-refractivity contribution in [2.45, 2.75) is 19.0 Å². The van der Waals surface area contributed by atoms with Crippen LogP contribution in [-0.2, 0) is 22.6 Å². The van der Waals surface area contributed by atoms with Gasteiger partial charge in [0.1, 0.15) is 5.82 Å². The molecule has 1 heterocycles. The molecule has 0 bridgehead atoms. The van der Waals surface area contributed by atoms with Crippen molar-refractivity contribution >= 4 is 29.1 Å². The standard InChI is InChI=1S/C18H17ClFN3O2/c19-13-5-6-14(20)15(8-13)22-17(24)10-23-9-12-4-2-1-3-11(12)7-16(23)18(21)25/h1-6,8,16H,7,9-10H2,(H2,21,25)(H,22,24)/t16-/m1/s1. The summed E-state index contributed by atoms with van der Waals surface area (Å²) < 4.78 is 13.7. The normalized spacial score (nSPS) is 17.0. The van der Waals surface area contributed by atoms with Crippen LogP contribution < -0.4 is 11.1 Å². The summed E-state index contributed by atoms with van der Waals surface area (Å²) in [6.45, 7) is 0.350. The molecular formula is C18H17ClFN3O2. The van der Waals surface area contributed by atoms with Crippen LogP contribution in [0, 0.1) is 5.82 Å². The molecule has 7 heteroatoms. The number of primary amides is 1.